The summed E-state index contributed by atoms with van der Waals surface area (Å²) in [5, 5.41) is 2.77. The highest BCUT2D eigenvalue weighted by molar-refractivity contribution is 7.90. The minimum Gasteiger partial charge on any atom is -0.355 e. The zero-order valence-corrected chi connectivity index (χ0v) is 10.2. The summed E-state index contributed by atoms with van der Waals surface area (Å²) in [6.45, 7) is 2.71. The van der Waals surface area contributed by atoms with E-state index in [4.69, 9.17) is 0 Å². The van der Waals surface area contributed by atoms with E-state index in [9.17, 15) is 8.42 Å². The van der Waals surface area contributed by atoms with Crippen LogP contribution < -0.4 is 10.0 Å². The van der Waals surface area contributed by atoms with Gasteiger partial charge in [-0.25, -0.2) is 14.7 Å². The van der Waals surface area contributed by atoms with Gasteiger partial charge in [0.2, 0.25) is 11.0 Å². The summed E-state index contributed by atoms with van der Waals surface area (Å²) in [6.07, 6.45) is 4.69. The number of sulfonamides is 1. The summed E-state index contributed by atoms with van der Waals surface area (Å²) in [7, 11) is -3.65. The van der Waals surface area contributed by atoms with Gasteiger partial charge in [-0.1, -0.05) is 13.3 Å². The third-order valence-electron chi connectivity index (χ3n) is 2.17. The SMILES string of the molecule is CCCCNC1=Nc2nccnc2S(=O)(=O)N1. The second kappa shape index (κ2) is 4.66. The molecule has 0 unspecified atom stereocenters. The summed E-state index contributed by atoms with van der Waals surface area (Å²) < 4.78 is 25.9. The van der Waals surface area contributed by atoms with Crippen LogP contribution in [-0.4, -0.2) is 30.9 Å². The number of aliphatic imine (C=N–C) groups is 1. The third kappa shape index (κ3) is 2.52. The van der Waals surface area contributed by atoms with Crippen molar-refractivity contribution in [1.29, 1.82) is 0 Å². The van der Waals surface area contributed by atoms with Crippen LogP contribution in [-0.2, 0) is 10.0 Å². The minimum absolute atomic E-state index is 0.116. The molecule has 17 heavy (non-hydrogen) atoms. The normalized spacial score (nSPS) is 16.6. The van der Waals surface area contributed by atoms with E-state index in [0.717, 1.165) is 12.8 Å². The molecule has 0 amide bonds. The van der Waals surface area contributed by atoms with Crippen molar-refractivity contribution in [3.63, 3.8) is 0 Å². The number of nitrogens with zero attached hydrogens (tertiary/aromatic N) is 3. The molecule has 8 heteroatoms. The van der Waals surface area contributed by atoms with Crippen LogP contribution in [0.5, 0.6) is 0 Å². The van der Waals surface area contributed by atoms with E-state index in [-0.39, 0.29) is 16.8 Å². The fourth-order valence-corrected chi connectivity index (χ4v) is 2.36. The number of guanidine groups is 1. The summed E-state index contributed by atoms with van der Waals surface area (Å²) in [5.74, 6) is 0.316. The molecule has 2 N–H and O–H groups in total. The molecule has 0 bridgehead atoms. The predicted molar refractivity (Wildman–Crippen MR) is 62.4 cm³/mol. The molecule has 2 rings (SSSR count). The van der Waals surface area contributed by atoms with E-state index in [0.29, 0.717) is 6.54 Å². The molecular formula is C9H13N5O2S. The zero-order chi connectivity index (χ0) is 12.3. The molecule has 1 aromatic heterocycles. The van der Waals surface area contributed by atoms with E-state index in [2.05, 4.69) is 31.9 Å². The first-order valence-corrected chi connectivity index (χ1v) is 6.78. The number of hydrogen-bond donors (Lipinski definition) is 2. The van der Waals surface area contributed by atoms with Gasteiger partial charge in [0.15, 0.2) is 5.82 Å². The lowest BCUT2D eigenvalue weighted by molar-refractivity contribution is 0.585. The van der Waals surface area contributed by atoms with Gasteiger partial charge in [-0.05, 0) is 6.42 Å². The van der Waals surface area contributed by atoms with Crippen molar-refractivity contribution >= 4 is 21.8 Å². The average molecular weight is 255 g/mol. The highest BCUT2D eigenvalue weighted by Gasteiger charge is 2.27. The van der Waals surface area contributed by atoms with Crippen LogP contribution in [0.1, 0.15) is 19.8 Å². The van der Waals surface area contributed by atoms with Crippen LogP contribution in [0.3, 0.4) is 0 Å². The monoisotopic (exact) mass is 255 g/mol. The first-order valence-electron chi connectivity index (χ1n) is 5.30. The molecule has 0 spiro atoms. The van der Waals surface area contributed by atoms with Gasteiger partial charge >= 0.3 is 0 Å². The van der Waals surface area contributed by atoms with Crippen molar-refractivity contribution in [3.05, 3.63) is 12.4 Å². The van der Waals surface area contributed by atoms with Gasteiger partial charge in [0.1, 0.15) is 0 Å². The Bertz CT molecular complexity index is 540. The van der Waals surface area contributed by atoms with Gasteiger partial charge in [-0.3, -0.25) is 0 Å². The highest BCUT2D eigenvalue weighted by atomic mass is 32.2. The van der Waals surface area contributed by atoms with Gasteiger partial charge in [0, 0.05) is 18.9 Å². The maximum Gasteiger partial charge on any atom is 0.285 e. The molecule has 0 atom stereocenters. The summed E-state index contributed by atoms with van der Waals surface area (Å²) in [5.41, 5.74) is 0. The lowest BCUT2D eigenvalue weighted by Crippen LogP contribution is -2.43. The van der Waals surface area contributed by atoms with Gasteiger partial charge in [-0.2, -0.15) is 13.4 Å². The number of aromatic nitrogens is 2. The molecule has 0 aromatic carbocycles. The summed E-state index contributed by atoms with van der Waals surface area (Å²) in [6, 6.07) is 0. The second-order valence-corrected chi connectivity index (χ2v) is 5.13. The van der Waals surface area contributed by atoms with Crippen LogP contribution in [0.4, 0.5) is 5.82 Å². The van der Waals surface area contributed by atoms with Crippen LogP contribution in [0, 0.1) is 0 Å². The largest absolute Gasteiger partial charge is 0.355 e. The van der Waals surface area contributed by atoms with E-state index < -0.39 is 10.0 Å². The van der Waals surface area contributed by atoms with Gasteiger partial charge < -0.3 is 5.32 Å². The van der Waals surface area contributed by atoms with E-state index in [1.165, 1.54) is 12.4 Å². The molecule has 0 radical (unpaired) electrons. The molecule has 0 fully saturated rings. The van der Waals surface area contributed by atoms with Crippen molar-refractivity contribution in [1.82, 2.24) is 20.0 Å². The topological polar surface area (TPSA) is 96.3 Å². The highest BCUT2D eigenvalue weighted by Crippen LogP contribution is 2.21. The van der Waals surface area contributed by atoms with Crippen molar-refractivity contribution in [2.24, 2.45) is 4.99 Å². The van der Waals surface area contributed by atoms with E-state index >= 15 is 0 Å². The smallest absolute Gasteiger partial charge is 0.285 e. The first-order chi connectivity index (χ1) is 8.13. The Hall–Kier alpha value is -1.70. The van der Waals surface area contributed by atoms with Crippen LogP contribution >= 0.6 is 0 Å². The fraction of sp³-hybridized carbons (Fsp3) is 0.444. The lowest BCUT2D eigenvalue weighted by atomic mass is 10.3. The predicted octanol–water partition coefficient (Wildman–Crippen LogP) is 0.146. The van der Waals surface area contributed by atoms with Gasteiger partial charge in [0.25, 0.3) is 10.0 Å². The summed E-state index contributed by atoms with van der Waals surface area (Å²) >= 11 is 0. The third-order valence-corrected chi connectivity index (χ3v) is 3.43. The molecule has 2 heterocycles. The Morgan fingerprint density at radius 2 is 2.12 bits per heavy atom. The molecule has 1 aromatic rings. The van der Waals surface area contributed by atoms with Crippen LogP contribution in [0.15, 0.2) is 22.4 Å². The van der Waals surface area contributed by atoms with Crippen molar-refractivity contribution in [2.45, 2.75) is 24.8 Å². The fourth-order valence-electron chi connectivity index (χ4n) is 1.35. The quantitative estimate of drug-likeness (QED) is 0.749. The molecule has 7 nitrogen and oxygen atoms in total. The molecule has 1 aliphatic heterocycles. The van der Waals surface area contributed by atoms with Crippen LogP contribution in [0.25, 0.3) is 0 Å². The number of rotatable bonds is 3. The van der Waals surface area contributed by atoms with Crippen molar-refractivity contribution < 1.29 is 8.42 Å². The minimum atomic E-state index is -3.65. The molecule has 0 saturated carbocycles. The van der Waals surface area contributed by atoms with Crippen LogP contribution in [0.2, 0.25) is 0 Å². The van der Waals surface area contributed by atoms with Crippen molar-refractivity contribution in [2.75, 3.05) is 6.54 Å². The first kappa shape index (κ1) is 11.8. The number of hydrogen-bond acceptors (Lipinski definition) is 6. The average Bonchev–Trinajstić information content (AvgIpc) is 2.29. The Balaban J connectivity index is 2.26. The molecule has 1 aliphatic rings. The lowest BCUT2D eigenvalue weighted by Gasteiger charge is -2.16. The molecule has 0 saturated heterocycles. The molecular weight excluding hydrogens is 242 g/mol. The van der Waals surface area contributed by atoms with Gasteiger partial charge in [0.05, 0.1) is 0 Å². The van der Waals surface area contributed by atoms with Crippen molar-refractivity contribution in [3.8, 4) is 0 Å². The Kier molecular flexibility index (Phi) is 3.23. The maximum atomic E-state index is 11.8. The Morgan fingerprint density at radius 3 is 2.88 bits per heavy atom. The summed E-state index contributed by atoms with van der Waals surface area (Å²) in [4.78, 5) is 11.7. The van der Waals surface area contributed by atoms with Gasteiger partial charge in [-0.15, -0.1) is 0 Å². The number of nitrogens with one attached hydrogen (secondary N) is 2. The Morgan fingerprint density at radius 1 is 1.35 bits per heavy atom. The molecule has 0 aliphatic carbocycles. The van der Waals surface area contributed by atoms with E-state index in [1.54, 1.807) is 0 Å². The second-order valence-electron chi connectivity index (χ2n) is 3.53. The standard InChI is InChI=1S/C9H13N5O2S/c1-2-3-4-12-9-13-7-8(11-6-5-10-7)17(15,16)14-9/h5-6H,2-4H2,1H3,(H2,10,12,13,14). The Labute approximate surface area is 99.4 Å². The number of unbranched alkanes of at least 4 members (excludes halogenated alkanes) is 1. The molecule has 92 valence electrons. The maximum absolute atomic E-state index is 11.8. The zero-order valence-electron chi connectivity index (χ0n) is 9.34. The van der Waals surface area contributed by atoms with E-state index in [1.807, 2.05) is 0 Å². The number of fused-ring (bicyclic) bond motifs is 1.